The lowest BCUT2D eigenvalue weighted by Crippen LogP contribution is -2.35. The van der Waals surface area contributed by atoms with Crippen molar-refractivity contribution in [2.24, 2.45) is 5.92 Å². The van der Waals surface area contributed by atoms with Crippen LogP contribution in [0.5, 0.6) is 11.5 Å². The maximum Gasteiger partial charge on any atom is 0.338 e. The smallest absolute Gasteiger partial charge is 0.338 e. The van der Waals surface area contributed by atoms with E-state index in [2.05, 4.69) is 13.2 Å². The minimum atomic E-state index is -0.366. The number of fused-ring (bicyclic) bond motifs is 2. The molecule has 0 unspecified atom stereocenters. The van der Waals surface area contributed by atoms with Gasteiger partial charge in [0, 0.05) is 11.1 Å². The molecule has 0 heterocycles. The minimum Gasteiger partial charge on any atom is -0.494 e. The van der Waals surface area contributed by atoms with Crippen molar-refractivity contribution in [3.05, 3.63) is 108 Å². The van der Waals surface area contributed by atoms with Crippen LogP contribution in [0, 0.1) is 5.92 Å². The average molecular weight is 807 g/mol. The summed E-state index contributed by atoms with van der Waals surface area (Å²) in [5.41, 5.74) is 1.81. The van der Waals surface area contributed by atoms with Gasteiger partial charge in [0.2, 0.25) is 0 Å². The summed E-state index contributed by atoms with van der Waals surface area (Å²) in [7, 11) is 0. The Morgan fingerprint density at radius 3 is 1.42 bits per heavy atom. The predicted molar refractivity (Wildman–Crippen MR) is 229 cm³/mol. The quantitative estimate of drug-likeness (QED) is 0.0328. The van der Waals surface area contributed by atoms with E-state index in [0.717, 1.165) is 84.4 Å². The van der Waals surface area contributed by atoms with E-state index >= 15 is 0 Å². The van der Waals surface area contributed by atoms with E-state index in [1.807, 2.05) is 67.6 Å². The molecule has 0 bridgehead atoms. The monoisotopic (exact) mass is 806 g/mol. The minimum absolute atomic E-state index is 0.0195. The first-order valence-electron chi connectivity index (χ1n) is 20.9. The number of rotatable bonds is 22. The molecule has 314 valence electrons. The number of ether oxygens (including phenoxy) is 6. The highest BCUT2D eigenvalue weighted by Crippen LogP contribution is 2.31. The first kappa shape index (κ1) is 44.5. The van der Waals surface area contributed by atoms with Gasteiger partial charge in [-0.1, -0.05) is 44.3 Å². The Balaban J connectivity index is 0.998. The number of unbranched alkanes of at least 4 members (excludes halogenated alkanes) is 6. The molecule has 0 radical (unpaired) electrons. The third kappa shape index (κ3) is 14.0. The molecule has 4 aromatic carbocycles. The van der Waals surface area contributed by atoms with Crippen molar-refractivity contribution in [3.8, 4) is 11.5 Å². The van der Waals surface area contributed by atoms with Crippen molar-refractivity contribution in [1.82, 2.24) is 0 Å². The number of hydrogen-bond donors (Lipinski definition) is 0. The highest BCUT2D eigenvalue weighted by molar-refractivity contribution is 5.97. The molecule has 1 aliphatic carbocycles. The van der Waals surface area contributed by atoms with Gasteiger partial charge < -0.3 is 28.4 Å². The lowest BCUT2D eigenvalue weighted by atomic mass is 9.85. The van der Waals surface area contributed by atoms with Gasteiger partial charge in [0.15, 0.2) is 0 Å². The van der Waals surface area contributed by atoms with Gasteiger partial charge in [-0.05, 0) is 160 Å². The van der Waals surface area contributed by atoms with Crippen molar-refractivity contribution in [1.29, 1.82) is 0 Å². The van der Waals surface area contributed by atoms with Gasteiger partial charge in [-0.2, -0.15) is 0 Å². The van der Waals surface area contributed by atoms with Crippen LogP contribution in [0.3, 0.4) is 0 Å². The molecule has 0 amide bonds. The van der Waals surface area contributed by atoms with Gasteiger partial charge in [-0.3, -0.25) is 0 Å². The molecule has 1 aliphatic rings. The molecule has 0 aliphatic heterocycles. The third-order valence-corrected chi connectivity index (χ3v) is 10.4. The second-order valence-electron chi connectivity index (χ2n) is 15.6. The predicted octanol–water partition coefficient (Wildman–Crippen LogP) is 10.7. The van der Waals surface area contributed by atoms with Crippen molar-refractivity contribution >= 4 is 45.4 Å². The second kappa shape index (κ2) is 22.5. The summed E-state index contributed by atoms with van der Waals surface area (Å²) in [5.74, 6) is 0.140. The van der Waals surface area contributed by atoms with Gasteiger partial charge in [0.25, 0.3) is 0 Å². The molecule has 10 nitrogen and oxygen atoms in total. The first-order chi connectivity index (χ1) is 28.5. The number of carbonyl (C=O) groups is 4. The van der Waals surface area contributed by atoms with E-state index < -0.39 is 0 Å². The van der Waals surface area contributed by atoms with Crippen molar-refractivity contribution < 1.29 is 47.6 Å². The van der Waals surface area contributed by atoms with Gasteiger partial charge in [-0.15, -0.1) is 0 Å². The largest absolute Gasteiger partial charge is 0.494 e. The zero-order valence-electron chi connectivity index (χ0n) is 34.8. The summed E-state index contributed by atoms with van der Waals surface area (Å²) in [6.07, 6.45) is 8.55. The Kier molecular flexibility index (Phi) is 17.0. The summed E-state index contributed by atoms with van der Waals surface area (Å²) < 4.78 is 34.1. The van der Waals surface area contributed by atoms with Crippen molar-refractivity contribution in [2.75, 3.05) is 26.4 Å². The van der Waals surface area contributed by atoms with E-state index in [1.54, 1.807) is 26.0 Å². The summed E-state index contributed by atoms with van der Waals surface area (Å²) in [6, 6.07) is 22.7. The molecule has 3 atom stereocenters. The van der Waals surface area contributed by atoms with Gasteiger partial charge in [0.05, 0.1) is 37.6 Å². The maximum absolute atomic E-state index is 13.2. The molecular weight excluding hydrogens is 749 g/mol. The van der Waals surface area contributed by atoms with E-state index in [9.17, 15) is 19.2 Å². The molecular formula is C49H58O10. The molecule has 10 heteroatoms. The molecule has 0 spiro atoms. The van der Waals surface area contributed by atoms with Crippen LogP contribution in [0.2, 0.25) is 0 Å². The van der Waals surface area contributed by atoms with E-state index in [1.165, 1.54) is 0 Å². The summed E-state index contributed by atoms with van der Waals surface area (Å²) >= 11 is 0. The van der Waals surface area contributed by atoms with Crippen LogP contribution in [0.4, 0.5) is 0 Å². The van der Waals surface area contributed by atoms with Crippen molar-refractivity contribution in [3.63, 3.8) is 0 Å². The molecule has 1 fully saturated rings. The Morgan fingerprint density at radius 2 is 0.966 bits per heavy atom. The maximum atomic E-state index is 13.2. The Labute approximate surface area is 347 Å². The van der Waals surface area contributed by atoms with E-state index in [0.29, 0.717) is 68.0 Å². The Hall–Kier alpha value is -5.64. The third-order valence-electron chi connectivity index (χ3n) is 10.4. The zero-order chi connectivity index (χ0) is 42.1. The van der Waals surface area contributed by atoms with Crippen LogP contribution in [0.15, 0.2) is 97.1 Å². The van der Waals surface area contributed by atoms with Gasteiger partial charge in [0.1, 0.15) is 23.7 Å². The average Bonchev–Trinajstić information content (AvgIpc) is 3.22. The normalized spacial score (nSPS) is 16.2. The zero-order valence-corrected chi connectivity index (χ0v) is 34.8. The molecule has 0 aromatic heterocycles. The van der Waals surface area contributed by atoms with Crippen LogP contribution in [-0.4, -0.2) is 62.5 Å². The SMILES string of the molecule is C=C(C)C(=O)OCCCCCCOc1ccc2cc(C(=O)O[C@H]3CC[C@H](OC(=O)c4ccc5cc(OCCCCCCOC(=O)C(=C)C)ccc5c4)[C@@H](C)C3)ccc2c1. The summed E-state index contributed by atoms with van der Waals surface area (Å²) in [4.78, 5) is 49.3. The number of benzene rings is 4. The molecule has 0 saturated heterocycles. The highest BCUT2D eigenvalue weighted by atomic mass is 16.6. The molecule has 0 N–H and O–H groups in total. The summed E-state index contributed by atoms with van der Waals surface area (Å²) in [6.45, 7) is 14.5. The molecule has 59 heavy (non-hydrogen) atoms. The number of hydrogen-bond acceptors (Lipinski definition) is 10. The Morgan fingerprint density at radius 1 is 0.542 bits per heavy atom. The fourth-order valence-corrected chi connectivity index (χ4v) is 6.98. The van der Waals surface area contributed by atoms with Crippen LogP contribution in [0.1, 0.15) is 112 Å². The van der Waals surface area contributed by atoms with Gasteiger partial charge in [-0.25, -0.2) is 19.2 Å². The van der Waals surface area contributed by atoms with Crippen LogP contribution < -0.4 is 9.47 Å². The lowest BCUT2D eigenvalue weighted by molar-refractivity contribution is -0.139. The number of esters is 4. The molecule has 1 saturated carbocycles. The second-order valence-corrected chi connectivity index (χ2v) is 15.6. The standard InChI is InChI=1S/C49H58O10/c1-33(2)46(50)56-26-12-8-6-10-24-54-42-20-18-36-29-40(16-14-38(36)31-42)48(52)58-44-22-23-45(35(5)28-44)59-49(53)41-17-15-39-32-43(21-19-37(39)30-41)55-25-11-7-9-13-27-57-47(51)34(3)4/h14-21,29-32,35,44-45H,1,3,6-13,22-28H2,2,4-5H3/t35-,44-,45-/m0/s1. The lowest BCUT2D eigenvalue weighted by Gasteiger charge is -2.33. The Bertz CT molecular complexity index is 2100. The molecule has 4 aromatic rings. The fraction of sp³-hybridized carbons (Fsp3) is 0.429. The van der Waals surface area contributed by atoms with Crippen LogP contribution in [-0.2, 0) is 28.5 Å². The highest BCUT2D eigenvalue weighted by Gasteiger charge is 2.32. The summed E-state index contributed by atoms with van der Waals surface area (Å²) in [5, 5.41) is 3.78. The van der Waals surface area contributed by atoms with E-state index in [-0.39, 0.29) is 42.0 Å². The number of carbonyl (C=O) groups excluding carboxylic acids is 4. The van der Waals surface area contributed by atoms with Crippen LogP contribution >= 0.6 is 0 Å². The van der Waals surface area contributed by atoms with Gasteiger partial charge >= 0.3 is 23.9 Å². The fourth-order valence-electron chi connectivity index (χ4n) is 6.98. The topological polar surface area (TPSA) is 124 Å². The van der Waals surface area contributed by atoms with E-state index in [4.69, 9.17) is 28.4 Å². The first-order valence-corrected chi connectivity index (χ1v) is 20.9. The van der Waals surface area contributed by atoms with Crippen molar-refractivity contribution in [2.45, 2.75) is 104 Å². The van der Waals surface area contributed by atoms with Crippen LogP contribution in [0.25, 0.3) is 21.5 Å². The molecule has 5 rings (SSSR count).